The Morgan fingerprint density at radius 2 is 1.93 bits per heavy atom. The summed E-state index contributed by atoms with van der Waals surface area (Å²) in [5.74, 6) is -0.940. The zero-order valence-electron chi connectivity index (χ0n) is 9.03. The summed E-state index contributed by atoms with van der Waals surface area (Å²) in [7, 11) is 0. The molecule has 0 fully saturated rings. The lowest BCUT2D eigenvalue weighted by Gasteiger charge is -2.05. The summed E-state index contributed by atoms with van der Waals surface area (Å²) >= 11 is 0. The van der Waals surface area contributed by atoms with Crippen LogP contribution in [0.4, 0.5) is 5.69 Å². The minimum atomic E-state index is -0.940. The van der Waals surface area contributed by atoms with Gasteiger partial charge in [-0.25, -0.2) is 4.79 Å². The quantitative estimate of drug-likeness (QED) is 0.689. The van der Waals surface area contributed by atoms with E-state index in [9.17, 15) is 4.79 Å². The number of hydrogen-bond donors (Lipinski definition) is 2. The molecule has 0 bridgehead atoms. The van der Waals surface area contributed by atoms with Crippen molar-refractivity contribution in [3.8, 4) is 6.07 Å². The second-order valence-electron chi connectivity index (χ2n) is 3.04. The minimum absolute atomic E-state index is 0.246. The molecule has 1 aromatic carbocycles. The molecule has 4 nitrogen and oxygen atoms in total. The van der Waals surface area contributed by atoms with E-state index in [1.54, 1.807) is 12.1 Å². The molecule has 1 rings (SSSR count). The van der Waals surface area contributed by atoms with Crippen LogP contribution in [0, 0.1) is 25.2 Å². The normalized spacial score (nSPS) is 8.40. The third-order valence-electron chi connectivity index (χ3n) is 1.95. The highest BCUT2D eigenvalue weighted by Gasteiger charge is 2.06. The van der Waals surface area contributed by atoms with Crippen molar-refractivity contribution in [2.24, 2.45) is 0 Å². The zero-order chi connectivity index (χ0) is 12.0. The van der Waals surface area contributed by atoms with Crippen LogP contribution in [0.1, 0.15) is 28.4 Å². The van der Waals surface area contributed by atoms with Crippen molar-refractivity contribution in [3.05, 3.63) is 28.8 Å². The van der Waals surface area contributed by atoms with E-state index in [0.717, 1.165) is 11.1 Å². The van der Waals surface area contributed by atoms with Crippen LogP contribution in [0.3, 0.4) is 0 Å². The number of carboxylic acid groups (broad SMARTS) is 1. The van der Waals surface area contributed by atoms with Crippen molar-refractivity contribution in [1.82, 2.24) is 0 Å². The molecule has 0 spiro atoms. The topological polar surface area (TPSA) is 87.1 Å². The molecular weight excluding hydrogens is 192 g/mol. The van der Waals surface area contributed by atoms with Gasteiger partial charge in [0, 0.05) is 12.6 Å². The molecule has 0 radical (unpaired) electrons. The zero-order valence-corrected chi connectivity index (χ0v) is 9.03. The largest absolute Gasteiger partial charge is 0.478 e. The first-order valence-corrected chi connectivity index (χ1v) is 4.34. The van der Waals surface area contributed by atoms with Crippen LogP contribution >= 0.6 is 0 Å². The number of nitrogens with zero attached hydrogens (tertiary/aromatic N) is 1. The molecule has 15 heavy (non-hydrogen) atoms. The van der Waals surface area contributed by atoms with Gasteiger partial charge in [0.25, 0.3) is 0 Å². The van der Waals surface area contributed by atoms with Gasteiger partial charge in [-0.2, -0.15) is 5.26 Å². The first kappa shape index (κ1) is 13.0. The molecule has 0 aliphatic heterocycles. The molecule has 80 valence electrons. The van der Waals surface area contributed by atoms with Gasteiger partial charge in [-0.3, -0.25) is 0 Å². The summed E-state index contributed by atoms with van der Waals surface area (Å²) in [6, 6.07) is 4.85. The summed E-state index contributed by atoms with van der Waals surface area (Å²) in [5, 5.41) is 16.0. The number of benzene rings is 1. The fourth-order valence-corrected chi connectivity index (χ4v) is 1.01. The Bertz CT molecular complexity index is 383. The van der Waals surface area contributed by atoms with Crippen molar-refractivity contribution in [3.63, 3.8) is 0 Å². The fourth-order valence-electron chi connectivity index (χ4n) is 1.01. The molecule has 0 amide bonds. The lowest BCUT2D eigenvalue weighted by molar-refractivity contribution is 0.0697. The molecular formula is C11H14N2O2. The van der Waals surface area contributed by atoms with E-state index < -0.39 is 5.97 Å². The van der Waals surface area contributed by atoms with E-state index in [-0.39, 0.29) is 5.56 Å². The van der Waals surface area contributed by atoms with Gasteiger partial charge in [0.2, 0.25) is 0 Å². The highest BCUT2D eigenvalue weighted by atomic mass is 16.4. The number of nitrogen functional groups attached to an aromatic ring is 1. The van der Waals surface area contributed by atoms with Gasteiger partial charge < -0.3 is 10.8 Å². The minimum Gasteiger partial charge on any atom is -0.478 e. The molecule has 0 aliphatic carbocycles. The number of rotatable bonds is 1. The molecule has 0 heterocycles. The Kier molecular flexibility index (Phi) is 4.89. The van der Waals surface area contributed by atoms with Gasteiger partial charge in [0.1, 0.15) is 0 Å². The highest BCUT2D eigenvalue weighted by molar-refractivity contribution is 5.89. The van der Waals surface area contributed by atoms with E-state index in [1.807, 2.05) is 13.8 Å². The van der Waals surface area contributed by atoms with Crippen molar-refractivity contribution in [2.45, 2.75) is 20.8 Å². The van der Waals surface area contributed by atoms with Gasteiger partial charge in [0.15, 0.2) is 0 Å². The first-order valence-electron chi connectivity index (χ1n) is 4.34. The van der Waals surface area contributed by atoms with Crippen LogP contribution in [0.15, 0.2) is 12.1 Å². The van der Waals surface area contributed by atoms with Crippen LogP contribution in [0.2, 0.25) is 0 Å². The van der Waals surface area contributed by atoms with Crippen LogP contribution in [-0.2, 0) is 0 Å². The number of aromatic carboxylic acids is 1. The summed E-state index contributed by atoms with van der Waals surface area (Å²) < 4.78 is 0. The van der Waals surface area contributed by atoms with E-state index >= 15 is 0 Å². The van der Waals surface area contributed by atoms with Crippen molar-refractivity contribution in [2.75, 3.05) is 5.73 Å². The lowest BCUT2D eigenvalue weighted by Crippen LogP contribution is -2.01. The number of carboxylic acids is 1. The van der Waals surface area contributed by atoms with Gasteiger partial charge in [0.05, 0.1) is 11.6 Å². The maximum atomic E-state index is 10.6. The second-order valence-corrected chi connectivity index (χ2v) is 3.04. The van der Waals surface area contributed by atoms with Gasteiger partial charge in [-0.1, -0.05) is 0 Å². The van der Waals surface area contributed by atoms with Crippen molar-refractivity contribution in [1.29, 1.82) is 5.26 Å². The Labute approximate surface area is 89.0 Å². The first-order chi connectivity index (χ1) is 6.93. The molecule has 1 aromatic rings. The third kappa shape index (κ3) is 3.69. The van der Waals surface area contributed by atoms with E-state index in [1.165, 1.54) is 13.0 Å². The molecule has 0 aliphatic rings. The molecule has 3 N–H and O–H groups in total. The van der Waals surface area contributed by atoms with Crippen LogP contribution in [-0.4, -0.2) is 11.1 Å². The maximum absolute atomic E-state index is 10.6. The Balaban J connectivity index is 0.000000583. The average Bonchev–Trinajstić information content (AvgIpc) is 2.14. The number of carbonyl (C=O) groups is 1. The number of anilines is 1. The number of aryl methyl sites for hydroxylation is 1. The smallest absolute Gasteiger partial charge is 0.335 e. The van der Waals surface area contributed by atoms with Gasteiger partial charge in [-0.15, -0.1) is 0 Å². The highest BCUT2D eigenvalue weighted by Crippen LogP contribution is 2.17. The SMILES string of the molecule is CC#N.Cc1cc(C(=O)O)cc(N)c1C. The Morgan fingerprint density at radius 1 is 1.47 bits per heavy atom. The van der Waals surface area contributed by atoms with E-state index in [0.29, 0.717) is 5.69 Å². The summed E-state index contributed by atoms with van der Waals surface area (Å²) in [4.78, 5) is 10.6. The van der Waals surface area contributed by atoms with Crippen LogP contribution in [0.25, 0.3) is 0 Å². The maximum Gasteiger partial charge on any atom is 0.335 e. The predicted octanol–water partition coefficient (Wildman–Crippen LogP) is 2.11. The standard InChI is InChI=1S/C9H11NO2.C2H3N/c1-5-3-7(9(11)12)4-8(10)6(5)2;1-2-3/h3-4H,10H2,1-2H3,(H,11,12);1H3. The van der Waals surface area contributed by atoms with Crippen molar-refractivity contribution < 1.29 is 9.90 Å². The van der Waals surface area contributed by atoms with E-state index in [4.69, 9.17) is 16.1 Å². The van der Waals surface area contributed by atoms with Gasteiger partial charge in [-0.05, 0) is 37.1 Å². The second kappa shape index (κ2) is 5.66. The summed E-state index contributed by atoms with van der Waals surface area (Å²) in [6.07, 6.45) is 0. The monoisotopic (exact) mass is 206 g/mol. The molecule has 0 unspecified atom stereocenters. The number of nitrogens with two attached hydrogens (primary N) is 1. The number of nitriles is 1. The third-order valence-corrected chi connectivity index (χ3v) is 1.95. The Hall–Kier alpha value is -2.02. The van der Waals surface area contributed by atoms with Crippen LogP contribution in [0.5, 0.6) is 0 Å². The molecule has 4 heteroatoms. The molecule has 0 saturated carbocycles. The van der Waals surface area contributed by atoms with Crippen LogP contribution < -0.4 is 5.73 Å². The summed E-state index contributed by atoms with van der Waals surface area (Å²) in [5.41, 5.74) is 8.23. The lowest BCUT2D eigenvalue weighted by atomic mass is 10.0. The molecule has 0 saturated heterocycles. The number of hydrogen-bond acceptors (Lipinski definition) is 3. The predicted molar refractivity (Wildman–Crippen MR) is 58.6 cm³/mol. The fraction of sp³-hybridized carbons (Fsp3) is 0.273. The molecule has 0 aromatic heterocycles. The summed E-state index contributed by atoms with van der Waals surface area (Å²) in [6.45, 7) is 5.15. The van der Waals surface area contributed by atoms with Gasteiger partial charge >= 0.3 is 5.97 Å². The molecule has 0 atom stereocenters. The van der Waals surface area contributed by atoms with E-state index in [2.05, 4.69) is 0 Å². The Morgan fingerprint density at radius 3 is 2.27 bits per heavy atom. The average molecular weight is 206 g/mol. The van der Waals surface area contributed by atoms with Crippen molar-refractivity contribution >= 4 is 11.7 Å².